The van der Waals surface area contributed by atoms with Gasteiger partial charge < -0.3 is 4.42 Å². The van der Waals surface area contributed by atoms with Crippen LogP contribution in [0.2, 0.25) is 10.0 Å². The topological polar surface area (TPSA) is 47.3 Å². The Morgan fingerprint density at radius 2 is 1.11 bits per heavy atom. The first kappa shape index (κ1) is 12.2. The second-order valence-corrected chi connectivity index (χ2v) is 4.93. The smallest absolute Gasteiger partial charge is 0.346 e. The zero-order chi connectivity index (χ0) is 13.6. The molecule has 3 rings (SSSR count). The molecule has 5 heteroatoms. The molecular formula is C14H6Cl2O3. The van der Waals surface area contributed by atoms with Crippen molar-refractivity contribution in [3.63, 3.8) is 0 Å². The molecule has 0 unspecified atom stereocenters. The van der Waals surface area contributed by atoms with Crippen molar-refractivity contribution in [1.82, 2.24) is 0 Å². The van der Waals surface area contributed by atoms with Crippen LogP contribution in [0.5, 0.6) is 0 Å². The van der Waals surface area contributed by atoms with E-state index < -0.39 is 11.3 Å². The van der Waals surface area contributed by atoms with Gasteiger partial charge in [-0.05, 0) is 35.0 Å². The monoisotopic (exact) mass is 292 g/mol. The highest BCUT2D eigenvalue weighted by Gasteiger charge is 2.08. The van der Waals surface area contributed by atoms with Crippen molar-refractivity contribution in [2.75, 3.05) is 0 Å². The lowest BCUT2D eigenvalue weighted by Crippen LogP contribution is -2.04. The van der Waals surface area contributed by atoms with Crippen LogP contribution in [0.4, 0.5) is 0 Å². The lowest BCUT2D eigenvalue weighted by molar-refractivity contribution is 0.491. The zero-order valence-corrected chi connectivity index (χ0v) is 11.0. The molecule has 0 atom stereocenters. The molecule has 1 aromatic heterocycles. The first-order valence-corrected chi connectivity index (χ1v) is 6.18. The molecule has 94 valence electrons. The van der Waals surface area contributed by atoms with Crippen LogP contribution in [0.25, 0.3) is 21.5 Å². The van der Waals surface area contributed by atoms with E-state index in [0.717, 1.165) is 0 Å². The highest BCUT2D eigenvalue weighted by molar-refractivity contribution is 6.32. The van der Waals surface area contributed by atoms with Crippen LogP contribution in [0.3, 0.4) is 0 Å². The Labute approximate surface area is 117 Å². The van der Waals surface area contributed by atoms with Crippen molar-refractivity contribution in [3.8, 4) is 0 Å². The van der Waals surface area contributed by atoms with Crippen molar-refractivity contribution in [1.29, 1.82) is 0 Å². The number of hydrogen-bond donors (Lipinski definition) is 0. The highest BCUT2D eigenvalue weighted by atomic mass is 35.5. The lowest BCUT2D eigenvalue weighted by atomic mass is 10.1. The van der Waals surface area contributed by atoms with Gasteiger partial charge in [0.05, 0.1) is 10.8 Å². The average Bonchev–Trinajstić information content (AvgIpc) is 2.47. The van der Waals surface area contributed by atoms with E-state index in [1.807, 2.05) is 0 Å². The van der Waals surface area contributed by atoms with Crippen molar-refractivity contribution in [2.45, 2.75) is 0 Å². The van der Waals surface area contributed by atoms with Gasteiger partial charge in [-0.25, -0.2) is 9.59 Å². The maximum atomic E-state index is 11.9. The Morgan fingerprint density at radius 1 is 0.684 bits per heavy atom. The molecule has 0 fully saturated rings. The second kappa shape index (κ2) is 4.37. The minimum Gasteiger partial charge on any atom is -0.386 e. The van der Waals surface area contributed by atoms with Crippen LogP contribution >= 0.6 is 23.2 Å². The summed E-state index contributed by atoms with van der Waals surface area (Å²) in [6.07, 6.45) is 0. The number of rotatable bonds is 0. The minimum absolute atomic E-state index is 0.266. The average molecular weight is 293 g/mol. The second-order valence-electron chi connectivity index (χ2n) is 4.06. The SMILES string of the molecule is O=c1oc(=O)c2cc(Cl)ccc2c2ccc(Cl)cc12. The van der Waals surface area contributed by atoms with Gasteiger partial charge in [0.25, 0.3) is 0 Å². The Hall–Kier alpha value is -1.84. The fourth-order valence-corrected chi connectivity index (χ4v) is 2.38. The van der Waals surface area contributed by atoms with Gasteiger partial charge in [-0.15, -0.1) is 0 Å². The predicted octanol–water partition coefficient (Wildman–Crippen LogP) is 3.61. The molecule has 0 spiro atoms. The van der Waals surface area contributed by atoms with Gasteiger partial charge in [0.1, 0.15) is 0 Å². The summed E-state index contributed by atoms with van der Waals surface area (Å²) in [5.41, 5.74) is -1.43. The van der Waals surface area contributed by atoms with E-state index in [9.17, 15) is 9.59 Å². The third kappa shape index (κ3) is 2.01. The molecule has 0 aliphatic heterocycles. The van der Waals surface area contributed by atoms with Gasteiger partial charge in [0.2, 0.25) is 0 Å². The third-order valence-electron chi connectivity index (χ3n) is 2.88. The summed E-state index contributed by atoms with van der Waals surface area (Å²) in [4.78, 5) is 23.8. The molecule has 0 radical (unpaired) electrons. The van der Waals surface area contributed by atoms with Gasteiger partial charge in [-0.2, -0.15) is 0 Å². The van der Waals surface area contributed by atoms with E-state index in [4.69, 9.17) is 27.6 Å². The maximum absolute atomic E-state index is 11.9. The zero-order valence-electron chi connectivity index (χ0n) is 9.44. The van der Waals surface area contributed by atoms with Crippen molar-refractivity contribution < 1.29 is 4.42 Å². The van der Waals surface area contributed by atoms with Gasteiger partial charge in [-0.1, -0.05) is 35.3 Å². The van der Waals surface area contributed by atoms with E-state index in [2.05, 4.69) is 0 Å². The Bertz CT molecular complexity index is 854. The summed E-state index contributed by atoms with van der Waals surface area (Å²) in [5, 5.41) is 2.55. The van der Waals surface area contributed by atoms with Crippen LogP contribution in [0, 0.1) is 0 Å². The highest BCUT2D eigenvalue weighted by Crippen LogP contribution is 2.24. The molecular weight excluding hydrogens is 287 g/mol. The fraction of sp³-hybridized carbons (Fsp3) is 0. The molecule has 19 heavy (non-hydrogen) atoms. The van der Waals surface area contributed by atoms with Crippen LogP contribution in [-0.4, -0.2) is 0 Å². The van der Waals surface area contributed by atoms with Crippen LogP contribution in [-0.2, 0) is 0 Å². The summed E-state index contributed by atoms with van der Waals surface area (Å²) < 4.78 is 4.78. The first-order chi connectivity index (χ1) is 9.06. The predicted molar refractivity (Wildman–Crippen MR) is 76.3 cm³/mol. The van der Waals surface area contributed by atoms with Crippen molar-refractivity contribution >= 4 is 44.7 Å². The van der Waals surface area contributed by atoms with Gasteiger partial charge in [0.15, 0.2) is 0 Å². The summed E-state index contributed by atoms with van der Waals surface area (Å²) >= 11 is 11.7. The fourth-order valence-electron chi connectivity index (χ4n) is 2.03. The standard InChI is InChI=1S/C14H6Cl2O3/c15-7-1-3-9-10-4-2-8(16)6-12(10)14(18)19-13(17)11(9)5-7/h1-6H. The minimum atomic E-state index is -0.713. The summed E-state index contributed by atoms with van der Waals surface area (Å²) in [7, 11) is 0. The van der Waals surface area contributed by atoms with E-state index in [-0.39, 0.29) is 10.8 Å². The molecule has 3 aromatic rings. The normalized spacial score (nSPS) is 11.1. The molecule has 0 aliphatic carbocycles. The Morgan fingerprint density at radius 3 is 1.53 bits per heavy atom. The summed E-state index contributed by atoms with van der Waals surface area (Å²) in [6, 6.07) is 9.64. The van der Waals surface area contributed by atoms with Gasteiger partial charge in [-0.3, -0.25) is 0 Å². The van der Waals surface area contributed by atoms with Gasteiger partial charge in [0, 0.05) is 10.0 Å². The van der Waals surface area contributed by atoms with Gasteiger partial charge >= 0.3 is 11.3 Å². The van der Waals surface area contributed by atoms with Crippen LogP contribution in [0.1, 0.15) is 0 Å². The first-order valence-electron chi connectivity index (χ1n) is 5.42. The van der Waals surface area contributed by atoms with Crippen LogP contribution in [0.15, 0.2) is 50.4 Å². The summed E-state index contributed by atoms with van der Waals surface area (Å²) in [5.74, 6) is 0. The molecule has 0 bridgehead atoms. The molecule has 1 heterocycles. The maximum Gasteiger partial charge on any atom is 0.346 e. The molecule has 0 aliphatic rings. The number of hydrogen-bond acceptors (Lipinski definition) is 3. The Balaban J connectivity index is 2.75. The van der Waals surface area contributed by atoms with Crippen molar-refractivity contribution in [3.05, 3.63) is 67.3 Å². The largest absolute Gasteiger partial charge is 0.386 e. The molecule has 0 N–H and O–H groups in total. The Kier molecular flexibility index (Phi) is 2.81. The molecule has 0 amide bonds. The third-order valence-corrected chi connectivity index (χ3v) is 3.35. The summed E-state index contributed by atoms with van der Waals surface area (Å²) in [6.45, 7) is 0. The van der Waals surface area contributed by atoms with Crippen molar-refractivity contribution in [2.24, 2.45) is 0 Å². The number of halogens is 2. The van der Waals surface area contributed by atoms with E-state index in [1.54, 1.807) is 24.3 Å². The molecule has 0 saturated carbocycles. The number of benzene rings is 2. The van der Waals surface area contributed by atoms with Crippen LogP contribution < -0.4 is 11.3 Å². The molecule has 3 nitrogen and oxygen atoms in total. The lowest BCUT2D eigenvalue weighted by Gasteiger charge is -1.97. The number of fused-ring (bicyclic) bond motifs is 3. The van der Waals surface area contributed by atoms with E-state index in [0.29, 0.717) is 20.8 Å². The molecule has 2 aromatic carbocycles. The van der Waals surface area contributed by atoms with E-state index in [1.165, 1.54) is 12.1 Å². The quantitative estimate of drug-likeness (QED) is 0.636. The molecule has 0 saturated heterocycles. The van der Waals surface area contributed by atoms with E-state index >= 15 is 0 Å².